The fourth-order valence-electron chi connectivity index (χ4n) is 6.34. The number of rotatable bonds is 1. The van der Waals surface area contributed by atoms with Crippen molar-refractivity contribution in [1.29, 1.82) is 0 Å². The Hall–Kier alpha value is -2.41. The molecule has 4 heterocycles. The van der Waals surface area contributed by atoms with Gasteiger partial charge in [0.2, 0.25) is 17.4 Å². The molecule has 0 aromatic heterocycles. The first-order chi connectivity index (χ1) is 14.4. The van der Waals surface area contributed by atoms with E-state index in [4.69, 9.17) is 23.2 Å². The van der Waals surface area contributed by atoms with Crippen molar-refractivity contribution in [2.75, 3.05) is 16.8 Å². The van der Waals surface area contributed by atoms with Crippen LogP contribution in [0.15, 0.2) is 42.5 Å². The SMILES string of the molecule is O=C1[C@H]2[C@@H](C(=O)N1c1cc(Cl)cc(Cl)c1)[C@@]1(C(=O)Nc3ccccc31)[NH+]1CCC[C@@H]21. The van der Waals surface area contributed by atoms with Gasteiger partial charge < -0.3 is 10.2 Å². The summed E-state index contributed by atoms with van der Waals surface area (Å²) in [5.41, 5.74) is 0.826. The number of hydrogen-bond donors (Lipinski definition) is 2. The highest BCUT2D eigenvalue weighted by atomic mass is 35.5. The molecule has 0 saturated carbocycles. The van der Waals surface area contributed by atoms with Gasteiger partial charge in [-0.15, -0.1) is 0 Å². The van der Waals surface area contributed by atoms with Crippen molar-refractivity contribution in [3.05, 3.63) is 58.1 Å². The molecule has 0 bridgehead atoms. The van der Waals surface area contributed by atoms with E-state index in [2.05, 4.69) is 5.32 Å². The second kappa shape index (κ2) is 6.06. The topological polar surface area (TPSA) is 70.9 Å². The van der Waals surface area contributed by atoms with E-state index < -0.39 is 17.4 Å². The molecule has 0 radical (unpaired) electrons. The first kappa shape index (κ1) is 18.4. The van der Waals surface area contributed by atoms with Crippen LogP contribution in [0.5, 0.6) is 0 Å². The molecule has 4 aliphatic heterocycles. The average Bonchev–Trinajstić information content (AvgIpc) is 3.39. The standard InChI is InChI=1S/C22H17Cl2N3O3/c23-11-8-12(24)10-13(9-11)27-19(28)17-16-6-3-7-26(16)22(18(17)20(27)29)14-4-1-2-5-15(14)25-21(22)30/h1-2,4-5,8-10,16-18H,3,6-7H2,(H,25,30)/p+1/t16-,17+,18-,22-/m0/s1. The molecule has 8 heteroatoms. The summed E-state index contributed by atoms with van der Waals surface area (Å²) in [4.78, 5) is 43.1. The smallest absolute Gasteiger partial charge is 0.291 e. The molecule has 1 unspecified atom stereocenters. The molecule has 30 heavy (non-hydrogen) atoms. The summed E-state index contributed by atoms with van der Waals surface area (Å²) < 4.78 is 0. The minimum absolute atomic E-state index is 0.0667. The Morgan fingerprint density at radius 2 is 1.77 bits per heavy atom. The Morgan fingerprint density at radius 3 is 2.53 bits per heavy atom. The maximum atomic E-state index is 13.8. The predicted molar refractivity (Wildman–Crippen MR) is 112 cm³/mol. The predicted octanol–water partition coefficient (Wildman–Crippen LogP) is 2.01. The molecule has 6 nitrogen and oxygen atoms in total. The van der Waals surface area contributed by atoms with Gasteiger partial charge >= 0.3 is 0 Å². The van der Waals surface area contributed by atoms with Crippen LogP contribution in [-0.2, 0) is 19.9 Å². The highest BCUT2D eigenvalue weighted by molar-refractivity contribution is 6.36. The van der Waals surface area contributed by atoms with Gasteiger partial charge in [-0.3, -0.25) is 14.4 Å². The maximum absolute atomic E-state index is 13.8. The second-order valence-corrected chi connectivity index (χ2v) is 9.35. The minimum Gasteiger partial charge on any atom is -0.320 e. The molecule has 2 N–H and O–H groups in total. The van der Waals surface area contributed by atoms with Crippen molar-refractivity contribution in [3.8, 4) is 0 Å². The molecule has 3 fully saturated rings. The van der Waals surface area contributed by atoms with Crippen LogP contribution in [0, 0.1) is 11.8 Å². The van der Waals surface area contributed by atoms with Gasteiger partial charge in [-0.1, -0.05) is 41.4 Å². The van der Waals surface area contributed by atoms with Crippen LogP contribution in [-0.4, -0.2) is 30.3 Å². The fourth-order valence-corrected chi connectivity index (χ4v) is 6.85. The van der Waals surface area contributed by atoms with Crippen molar-refractivity contribution in [3.63, 3.8) is 0 Å². The lowest BCUT2D eigenvalue weighted by atomic mass is 9.75. The molecule has 1 spiro atoms. The van der Waals surface area contributed by atoms with Gasteiger partial charge in [0, 0.05) is 28.5 Å². The lowest BCUT2D eigenvalue weighted by Gasteiger charge is -2.33. The summed E-state index contributed by atoms with van der Waals surface area (Å²) in [7, 11) is 0. The summed E-state index contributed by atoms with van der Waals surface area (Å²) in [6, 6.07) is 12.1. The number of quaternary nitrogens is 1. The molecule has 152 valence electrons. The maximum Gasteiger partial charge on any atom is 0.291 e. The second-order valence-electron chi connectivity index (χ2n) is 8.47. The van der Waals surface area contributed by atoms with E-state index >= 15 is 0 Å². The van der Waals surface area contributed by atoms with Crippen molar-refractivity contribution in [1.82, 2.24) is 0 Å². The Balaban J connectivity index is 1.56. The van der Waals surface area contributed by atoms with Crippen LogP contribution in [0.1, 0.15) is 18.4 Å². The number of hydrogen-bond acceptors (Lipinski definition) is 3. The highest BCUT2D eigenvalue weighted by Crippen LogP contribution is 2.52. The lowest BCUT2D eigenvalue weighted by molar-refractivity contribution is -0.948. The molecule has 5 atom stereocenters. The number of nitrogens with zero attached hydrogens (tertiary/aromatic N) is 1. The summed E-state index contributed by atoms with van der Waals surface area (Å²) in [6.07, 6.45) is 1.74. The molecule has 2 aromatic rings. The number of amides is 3. The third-order valence-corrected chi connectivity index (χ3v) is 7.67. The molecule has 3 saturated heterocycles. The Bertz CT molecular complexity index is 1130. The van der Waals surface area contributed by atoms with Crippen molar-refractivity contribution < 1.29 is 19.3 Å². The zero-order chi connectivity index (χ0) is 20.8. The van der Waals surface area contributed by atoms with Gasteiger partial charge in [-0.05, 0) is 24.3 Å². The van der Waals surface area contributed by atoms with Crippen molar-refractivity contribution >= 4 is 52.3 Å². The Morgan fingerprint density at radius 1 is 1.03 bits per heavy atom. The number of para-hydroxylation sites is 1. The first-order valence-electron chi connectivity index (χ1n) is 10.1. The number of anilines is 2. The van der Waals surface area contributed by atoms with Gasteiger partial charge in [0.05, 0.1) is 17.9 Å². The van der Waals surface area contributed by atoms with Crippen LogP contribution < -0.4 is 15.1 Å². The van der Waals surface area contributed by atoms with E-state index in [0.29, 0.717) is 15.7 Å². The summed E-state index contributed by atoms with van der Waals surface area (Å²) in [6.45, 7) is 0.767. The Labute approximate surface area is 182 Å². The largest absolute Gasteiger partial charge is 0.320 e. The fraction of sp³-hybridized carbons (Fsp3) is 0.318. The zero-order valence-corrected chi connectivity index (χ0v) is 17.3. The number of benzene rings is 2. The van der Waals surface area contributed by atoms with E-state index in [1.165, 1.54) is 4.90 Å². The van der Waals surface area contributed by atoms with E-state index in [-0.39, 0.29) is 23.8 Å². The van der Waals surface area contributed by atoms with Gasteiger partial charge in [-0.25, -0.2) is 4.90 Å². The summed E-state index contributed by atoms with van der Waals surface area (Å²) in [5.74, 6) is -2.08. The van der Waals surface area contributed by atoms with E-state index in [0.717, 1.165) is 35.5 Å². The van der Waals surface area contributed by atoms with Crippen LogP contribution in [0.4, 0.5) is 11.4 Å². The van der Waals surface area contributed by atoms with E-state index in [1.54, 1.807) is 18.2 Å². The van der Waals surface area contributed by atoms with Gasteiger partial charge in [-0.2, -0.15) is 0 Å². The monoisotopic (exact) mass is 442 g/mol. The number of halogens is 2. The molecule has 3 amide bonds. The zero-order valence-electron chi connectivity index (χ0n) is 15.8. The normalized spacial score (nSPS) is 33.8. The number of imide groups is 1. The molecule has 2 aromatic carbocycles. The molecule has 4 aliphatic rings. The molecular weight excluding hydrogens is 425 g/mol. The van der Waals surface area contributed by atoms with Crippen LogP contribution in [0.25, 0.3) is 0 Å². The third-order valence-electron chi connectivity index (χ3n) is 7.23. The Kier molecular flexibility index (Phi) is 3.71. The third kappa shape index (κ3) is 2.06. The first-order valence-corrected chi connectivity index (χ1v) is 10.8. The van der Waals surface area contributed by atoms with Crippen LogP contribution in [0.3, 0.4) is 0 Å². The summed E-state index contributed by atoms with van der Waals surface area (Å²) in [5, 5.41) is 3.68. The van der Waals surface area contributed by atoms with Gasteiger partial charge in [0.25, 0.3) is 5.91 Å². The molecular formula is C22H18Cl2N3O3+. The summed E-state index contributed by atoms with van der Waals surface area (Å²) >= 11 is 12.3. The van der Waals surface area contributed by atoms with Crippen molar-refractivity contribution in [2.45, 2.75) is 24.4 Å². The number of carbonyl (C=O) groups is 3. The van der Waals surface area contributed by atoms with E-state index in [1.807, 2.05) is 24.3 Å². The van der Waals surface area contributed by atoms with Crippen molar-refractivity contribution in [2.24, 2.45) is 11.8 Å². The quantitative estimate of drug-likeness (QED) is 0.663. The molecule has 6 rings (SSSR count). The highest BCUT2D eigenvalue weighted by Gasteiger charge is 2.78. The van der Waals surface area contributed by atoms with Crippen LogP contribution >= 0.6 is 23.2 Å². The number of carbonyl (C=O) groups excluding carboxylic acids is 3. The number of fused-ring (bicyclic) bond motifs is 7. The average molecular weight is 443 g/mol. The van der Waals surface area contributed by atoms with E-state index in [9.17, 15) is 14.4 Å². The molecule has 0 aliphatic carbocycles. The van der Waals surface area contributed by atoms with Gasteiger partial charge in [0.15, 0.2) is 0 Å². The minimum atomic E-state index is -1.08. The number of nitrogens with one attached hydrogen (secondary N) is 2. The van der Waals surface area contributed by atoms with Gasteiger partial charge in [0.1, 0.15) is 17.9 Å². The lowest BCUT2D eigenvalue weighted by Crippen LogP contribution is -3.19. The van der Waals surface area contributed by atoms with Crippen LogP contribution in [0.2, 0.25) is 10.0 Å².